The summed E-state index contributed by atoms with van der Waals surface area (Å²) in [7, 11) is 0. The smallest absolute Gasteiger partial charge is 0.272 e. The molecule has 5 nitrogen and oxygen atoms in total. The lowest BCUT2D eigenvalue weighted by molar-refractivity contribution is 0.0950. The minimum atomic E-state index is -0.358. The largest absolute Gasteiger partial charge is 0.396 e. The van der Waals surface area contributed by atoms with Crippen molar-refractivity contribution in [2.45, 2.75) is 27.2 Å². The van der Waals surface area contributed by atoms with Gasteiger partial charge in [-0.05, 0) is 32.4 Å². The van der Waals surface area contributed by atoms with Gasteiger partial charge in [0.15, 0.2) is 5.69 Å². The van der Waals surface area contributed by atoms with Crippen LogP contribution in [0.5, 0.6) is 0 Å². The number of anilines is 1. The third kappa shape index (κ3) is 3.07. The van der Waals surface area contributed by atoms with Gasteiger partial charge < -0.3 is 11.1 Å². The minimum absolute atomic E-state index is 0.163. The summed E-state index contributed by atoms with van der Waals surface area (Å²) in [6.07, 6.45) is 2.33. The minimum Gasteiger partial charge on any atom is -0.396 e. The number of carbonyl (C=O) groups excluding carboxylic acids is 1. The predicted octanol–water partition coefficient (Wildman–Crippen LogP) is 3.84. The van der Waals surface area contributed by atoms with Crippen molar-refractivity contribution < 1.29 is 9.18 Å². The number of nitrogens with one attached hydrogen (secondary N) is 1. The first-order chi connectivity index (χ1) is 11.9. The van der Waals surface area contributed by atoms with Crippen LogP contribution in [0.1, 0.15) is 34.5 Å². The van der Waals surface area contributed by atoms with Gasteiger partial charge in [0.25, 0.3) is 5.91 Å². The van der Waals surface area contributed by atoms with E-state index in [1.54, 1.807) is 6.07 Å². The molecule has 0 atom stereocenters. The van der Waals surface area contributed by atoms with Gasteiger partial charge in [0.05, 0.1) is 21.3 Å². The van der Waals surface area contributed by atoms with Crippen LogP contribution < -0.4 is 11.1 Å². The first kappa shape index (κ1) is 17.3. The topological polar surface area (TPSA) is 80.9 Å². The van der Waals surface area contributed by atoms with E-state index >= 15 is 0 Å². The summed E-state index contributed by atoms with van der Waals surface area (Å²) >= 11 is 1.42. The Labute approximate surface area is 149 Å². The molecule has 0 saturated heterocycles. The van der Waals surface area contributed by atoms with E-state index in [-0.39, 0.29) is 23.1 Å². The molecule has 0 spiro atoms. The number of nitrogens with zero attached hydrogens (tertiary/aromatic N) is 2. The van der Waals surface area contributed by atoms with E-state index in [0.29, 0.717) is 22.9 Å². The predicted molar refractivity (Wildman–Crippen MR) is 99.3 cm³/mol. The Morgan fingerprint density at radius 1 is 1.32 bits per heavy atom. The fourth-order valence-corrected chi connectivity index (χ4v) is 3.77. The number of pyridine rings is 1. The zero-order valence-corrected chi connectivity index (χ0v) is 15.1. The third-order valence-corrected chi connectivity index (χ3v) is 5.03. The highest BCUT2D eigenvalue weighted by atomic mass is 32.1. The molecular weight excluding hydrogens is 339 g/mol. The Morgan fingerprint density at radius 3 is 2.72 bits per heavy atom. The van der Waals surface area contributed by atoms with Gasteiger partial charge in [0, 0.05) is 29.1 Å². The molecule has 3 N–H and O–H groups in total. The van der Waals surface area contributed by atoms with E-state index in [1.165, 1.54) is 23.6 Å². The van der Waals surface area contributed by atoms with Gasteiger partial charge in [-0.15, -0.1) is 11.3 Å². The molecule has 1 amide bonds. The van der Waals surface area contributed by atoms with Crippen LogP contribution in [0, 0.1) is 19.7 Å². The summed E-state index contributed by atoms with van der Waals surface area (Å²) in [4.78, 5) is 21.5. The molecule has 0 saturated carbocycles. The van der Waals surface area contributed by atoms with E-state index in [1.807, 2.05) is 20.8 Å². The van der Waals surface area contributed by atoms with Gasteiger partial charge in [-0.3, -0.25) is 4.79 Å². The molecule has 0 unspecified atom stereocenters. The molecule has 0 aliphatic rings. The number of benzene rings is 1. The number of aryl methyl sites for hydroxylation is 2. The Morgan fingerprint density at radius 2 is 2.08 bits per heavy atom. The Hall–Kier alpha value is -2.54. The highest BCUT2D eigenvalue weighted by molar-refractivity contribution is 7.15. The lowest BCUT2D eigenvalue weighted by atomic mass is 10.0. The van der Waals surface area contributed by atoms with E-state index in [0.717, 1.165) is 22.0 Å². The Kier molecular flexibility index (Phi) is 4.67. The molecule has 2 aromatic heterocycles. The number of rotatable bonds is 4. The number of nitrogens with two attached hydrogens (primary N) is 1. The highest BCUT2D eigenvalue weighted by Gasteiger charge is 2.20. The van der Waals surface area contributed by atoms with Gasteiger partial charge in [-0.1, -0.05) is 6.92 Å². The summed E-state index contributed by atoms with van der Waals surface area (Å²) in [6, 6.07) is 2.96. The molecule has 0 fully saturated rings. The second-order valence-electron chi connectivity index (χ2n) is 5.81. The number of amides is 1. The Bertz CT molecular complexity index is 967. The summed E-state index contributed by atoms with van der Waals surface area (Å²) in [6.45, 7) is 6.24. The number of aromatic nitrogens is 2. The lowest BCUT2D eigenvalue weighted by Gasteiger charge is -2.12. The summed E-state index contributed by atoms with van der Waals surface area (Å²) < 4.78 is 14.6. The van der Waals surface area contributed by atoms with Gasteiger partial charge in [0.2, 0.25) is 0 Å². The first-order valence-electron chi connectivity index (χ1n) is 8.03. The Balaban J connectivity index is 2.21. The number of hydrogen-bond acceptors (Lipinski definition) is 5. The van der Waals surface area contributed by atoms with E-state index < -0.39 is 0 Å². The van der Waals surface area contributed by atoms with Crippen molar-refractivity contribution in [3.63, 3.8) is 0 Å². The quantitative estimate of drug-likeness (QED) is 0.742. The van der Waals surface area contributed by atoms with Crippen LogP contribution in [0.15, 0.2) is 18.3 Å². The normalized spacial score (nSPS) is 11.0. The molecule has 7 heteroatoms. The number of thiazole rings is 1. The molecule has 2 heterocycles. The molecule has 0 aliphatic carbocycles. The van der Waals surface area contributed by atoms with Crippen LogP contribution in [-0.4, -0.2) is 22.4 Å². The summed E-state index contributed by atoms with van der Waals surface area (Å²) in [5, 5.41) is 4.81. The average Bonchev–Trinajstić information content (AvgIpc) is 2.90. The van der Waals surface area contributed by atoms with Crippen LogP contribution in [-0.2, 0) is 0 Å². The van der Waals surface area contributed by atoms with Gasteiger partial charge >= 0.3 is 0 Å². The number of halogens is 1. The van der Waals surface area contributed by atoms with E-state index in [9.17, 15) is 9.18 Å². The molecular formula is C18H19FN4OS. The van der Waals surface area contributed by atoms with Gasteiger partial charge in [0.1, 0.15) is 5.82 Å². The average molecular weight is 358 g/mol. The molecule has 3 aromatic rings. The van der Waals surface area contributed by atoms with Gasteiger partial charge in [-0.2, -0.15) is 0 Å². The number of hydrogen-bond donors (Lipinski definition) is 2. The molecule has 3 rings (SSSR count). The third-order valence-electron chi connectivity index (χ3n) is 3.94. The van der Waals surface area contributed by atoms with Gasteiger partial charge in [-0.25, -0.2) is 14.4 Å². The van der Waals surface area contributed by atoms with Crippen LogP contribution in [0.4, 0.5) is 10.1 Å². The van der Waals surface area contributed by atoms with Crippen LogP contribution in [0.2, 0.25) is 0 Å². The number of nitrogen functional groups attached to an aromatic ring is 1. The first-order valence-corrected chi connectivity index (χ1v) is 8.85. The maximum absolute atomic E-state index is 14.6. The second kappa shape index (κ2) is 6.76. The zero-order valence-electron chi connectivity index (χ0n) is 14.3. The maximum atomic E-state index is 14.6. The molecule has 0 bridgehead atoms. The lowest BCUT2D eigenvalue weighted by Crippen LogP contribution is -2.26. The van der Waals surface area contributed by atoms with E-state index in [2.05, 4.69) is 15.3 Å². The van der Waals surface area contributed by atoms with Crippen LogP contribution in [0.3, 0.4) is 0 Å². The van der Waals surface area contributed by atoms with Crippen molar-refractivity contribution in [3.8, 4) is 10.4 Å². The molecule has 0 radical (unpaired) electrons. The summed E-state index contributed by atoms with van der Waals surface area (Å²) in [5.41, 5.74) is 7.78. The second-order valence-corrected chi connectivity index (χ2v) is 7.01. The SMILES string of the molecule is CCCNC(=O)c1ncc2c(-c3sc(C)nc3C)c(F)ccc2c1N. The fraction of sp³-hybridized carbons (Fsp3) is 0.278. The van der Waals surface area contributed by atoms with Crippen LogP contribution >= 0.6 is 11.3 Å². The molecule has 25 heavy (non-hydrogen) atoms. The highest BCUT2D eigenvalue weighted by Crippen LogP contribution is 2.38. The van der Waals surface area contributed by atoms with Crippen molar-refractivity contribution in [1.82, 2.24) is 15.3 Å². The monoisotopic (exact) mass is 358 g/mol. The van der Waals surface area contributed by atoms with Crippen molar-refractivity contribution in [1.29, 1.82) is 0 Å². The van der Waals surface area contributed by atoms with E-state index in [4.69, 9.17) is 5.73 Å². The number of fused-ring (bicyclic) bond motifs is 1. The summed E-state index contributed by atoms with van der Waals surface area (Å²) in [5.74, 6) is -0.680. The fourth-order valence-electron chi connectivity index (χ4n) is 2.79. The molecule has 0 aliphatic heterocycles. The van der Waals surface area contributed by atoms with Crippen molar-refractivity contribution in [3.05, 3.63) is 40.5 Å². The van der Waals surface area contributed by atoms with Crippen LogP contribution in [0.25, 0.3) is 21.2 Å². The maximum Gasteiger partial charge on any atom is 0.272 e. The number of carbonyl (C=O) groups is 1. The standard InChI is InChI=1S/C18H19FN4OS/c1-4-7-21-18(24)16-15(20)11-5-6-13(19)14(12(11)8-22-16)17-9(2)23-10(3)25-17/h5-6,8H,4,7,20H2,1-3H3,(H,21,24). The molecule has 130 valence electrons. The molecule has 1 aromatic carbocycles. The van der Waals surface area contributed by atoms with Crippen molar-refractivity contribution in [2.24, 2.45) is 0 Å². The van der Waals surface area contributed by atoms with Crippen molar-refractivity contribution in [2.75, 3.05) is 12.3 Å². The van der Waals surface area contributed by atoms with Crippen molar-refractivity contribution >= 4 is 33.7 Å². The zero-order chi connectivity index (χ0) is 18.1.